The number of esters is 1. The van der Waals surface area contributed by atoms with Gasteiger partial charge < -0.3 is 14.4 Å². The van der Waals surface area contributed by atoms with Crippen LogP contribution in [0, 0.1) is 0 Å². The lowest BCUT2D eigenvalue weighted by Gasteiger charge is -2.37. The number of carbonyl (C=O) groups excluding carboxylic acids is 2. The predicted molar refractivity (Wildman–Crippen MR) is 122 cm³/mol. The van der Waals surface area contributed by atoms with Gasteiger partial charge in [-0.15, -0.1) is 0 Å². The van der Waals surface area contributed by atoms with E-state index in [1.54, 1.807) is 18.2 Å². The fraction of sp³-hybridized carbons (Fsp3) is 0.250. The van der Waals surface area contributed by atoms with Gasteiger partial charge in [0.05, 0.1) is 30.1 Å². The molecule has 0 aliphatic carbocycles. The molecule has 5 rings (SSSR count). The molecule has 15 heteroatoms. The summed E-state index contributed by atoms with van der Waals surface area (Å²) < 4.78 is 78.3. The Balaban J connectivity index is 1.42. The minimum Gasteiger partial charge on any atom is -0.463 e. The molecule has 0 spiro atoms. The third kappa shape index (κ3) is 5.46. The highest BCUT2D eigenvalue weighted by Gasteiger charge is 2.48. The van der Waals surface area contributed by atoms with Crippen molar-refractivity contribution in [3.8, 4) is 17.3 Å². The highest BCUT2D eigenvalue weighted by molar-refractivity contribution is 5.93. The van der Waals surface area contributed by atoms with Crippen LogP contribution in [0.3, 0.4) is 0 Å². The Kier molecular flexibility index (Phi) is 6.57. The molecule has 1 saturated heterocycles. The second kappa shape index (κ2) is 9.89. The molecule has 10 nitrogen and oxygen atoms in total. The van der Waals surface area contributed by atoms with Crippen LogP contribution in [0.5, 0.6) is 11.6 Å². The highest BCUT2D eigenvalue weighted by Crippen LogP contribution is 2.37. The lowest BCUT2D eigenvalue weighted by molar-refractivity contribution is -0.190. The first kappa shape index (κ1) is 25.9. The quantitative estimate of drug-likeness (QED) is 0.275. The van der Waals surface area contributed by atoms with E-state index in [0.29, 0.717) is 5.69 Å². The molecule has 0 saturated carbocycles. The number of hydrogen-bond donors (Lipinski definition) is 0. The zero-order valence-corrected chi connectivity index (χ0v) is 19.7. The van der Waals surface area contributed by atoms with Crippen molar-refractivity contribution in [3.63, 3.8) is 0 Å². The number of rotatable bonds is 5. The topological polar surface area (TPSA) is 112 Å². The molecule has 4 aromatic rings. The number of alkyl halides is 5. The van der Waals surface area contributed by atoms with Crippen molar-refractivity contribution in [2.75, 3.05) is 13.1 Å². The third-order valence-electron chi connectivity index (χ3n) is 5.82. The van der Waals surface area contributed by atoms with E-state index in [2.05, 4.69) is 24.9 Å². The van der Waals surface area contributed by atoms with E-state index < -0.39 is 54.7 Å². The maximum absolute atomic E-state index is 14.9. The number of pyridine rings is 2. The number of benzene rings is 1. The summed E-state index contributed by atoms with van der Waals surface area (Å²) in [5.74, 6) is -8.31. The van der Waals surface area contributed by atoms with Gasteiger partial charge in [0.2, 0.25) is 0 Å². The van der Waals surface area contributed by atoms with E-state index >= 15 is 0 Å². The summed E-state index contributed by atoms with van der Waals surface area (Å²) in [5, 5.41) is 8.20. The summed E-state index contributed by atoms with van der Waals surface area (Å²) in [6.45, 7) is -1.00. The summed E-state index contributed by atoms with van der Waals surface area (Å²) >= 11 is 0. The molecular formula is C24H17F5N6O4. The van der Waals surface area contributed by atoms with E-state index in [4.69, 9.17) is 4.74 Å². The molecule has 1 atom stereocenters. The number of likely N-dealkylation sites (tertiary alicyclic amines) is 1. The Hall–Kier alpha value is -4.69. The standard InChI is InChI=1S/C24H17F5N6O4/c25-23(26)6-10-34(21(36)17-12-15(5-7-30-17)35-31-8-9-32-35)13-19(23)39-20-18(38-22(37)24(27,28)29)11-14-3-1-2-4-16(14)33-20/h1-5,7-9,11-12,19H,6,10,13H2/t19-/m0/s1. The first-order chi connectivity index (χ1) is 18.5. The largest absolute Gasteiger partial charge is 0.491 e. The minimum atomic E-state index is -5.35. The molecular weight excluding hydrogens is 531 g/mol. The number of hydrogen-bond acceptors (Lipinski definition) is 8. The van der Waals surface area contributed by atoms with E-state index in [1.807, 2.05) is 0 Å². The number of piperidine rings is 1. The van der Waals surface area contributed by atoms with Crippen LogP contribution < -0.4 is 9.47 Å². The van der Waals surface area contributed by atoms with Gasteiger partial charge in [-0.2, -0.15) is 28.2 Å². The second-order valence-corrected chi connectivity index (χ2v) is 8.46. The molecule has 1 aliphatic rings. The van der Waals surface area contributed by atoms with Gasteiger partial charge >= 0.3 is 12.1 Å². The van der Waals surface area contributed by atoms with Crippen molar-refractivity contribution in [2.45, 2.75) is 24.6 Å². The van der Waals surface area contributed by atoms with E-state index in [1.165, 1.54) is 41.6 Å². The van der Waals surface area contributed by atoms with Gasteiger partial charge in [-0.3, -0.25) is 9.78 Å². The number of halogens is 5. The summed E-state index contributed by atoms with van der Waals surface area (Å²) in [7, 11) is 0. The van der Waals surface area contributed by atoms with Crippen LogP contribution in [-0.2, 0) is 4.79 Å². The molecule has 202 valence electrons. The molecule has 4 heterocycles. The number of aromatic nitrogens is 5. The molecule has 39 heavy (non-hydrogen) atoms. The van der Waals surface area contributed by atoms with Crippen LogP contribution in [0.25, 0.3) is 16.6 Å². The van der Waals surface area contributed by atoms with Gasteiger partial charge in [0, 0.05) is 24.5 Å². The van der Waals surface area contributed by atoms with E-state index in [0.717, 1.165) is 11.0 Å². The van der Waals surface area contributed by atoms with Crippen LogP contribution in [-0.4, -0.2) is 73.0 Å². The van der Waals surface area contributed by atoms with Gasteiger partial charge in [-0.05, 0) is 24.3 Å². The normalized spacial score (nSPS) is 17.2. The zero-order valence-electron chi connectivity index (χ0n) is 19.7. The molecule has 0 unspecified atom stereocenters. The van der Waals surface area contributed by atoms with Gasteiger partial charge in [0.25, 0.3) is 17.7 Å². The van der Waals surface area contributed by atoms with Crippen LogP contribution in [0.4, 0.5) is 22.0 Å². The molecule has 0 bridgehead atoms. The SMILES string of the molecule is O=C(c1cc(-n2nccn2)ccn1)N1CCC(F)(F)[C@@H](Oc2nc3ccccc3cc2OC(=O)C(F)(F)F)C1. The first-order valence-electron chi connectivity index (χ1n) is 11.4. The number of amides is 1. The Bertz CT molecular complexity index is 1530. The van der Waals surface area contributed by atoms with Crippen LogP contribution in [0.15, 0.2) is 61.1 Å². The Labute approximate surface area is 216 Å². The Morgan fingerprint density at radius 2 is 1.77 bits per heavy atom. The highest BCUT2D eigenvalue weighted by atomic mass is 19.4. The second-order valence-electron chi connectivity index (χ2n) is 8.46. The Morgan fingerprint density at radius 3 is 2.51 bits per heavy atom. The van der Waals surface area contributed by atoms with Crippen LogP contribution >= 0.6 is 0 Å². The molecule has 0 radical (unpaired) electrons. The predicted octanol–water partition coefficient (Wildman–Crippen LogP) is 3.61. The summed E-state index contributed by atoms with van der Waals surface area (Å²) in [6, 6.07) is 10.0. The molecule has 1 amide bonds. The summed E-state index contributed by atoms with van der Waals surface area (Å²) in [6.07, 6.45) is -4.00. The van der Waals surface area contributed by atoms with Crippen molar-refractivity contribution < 1.29 is 41.0 Å². The van der Waals surface area contributed by atoms with Gasteiger partial charge in [0.15, 0.2) is 11.9 Å². The fourth-order valence-corrected chi connectivity index (χ4v) is 3.88. The monoisotopic (exact) mass is 548 g/mol. The average molecular weight is 548 g/mol. The average Bonchev–Trinajstić information content (AvgIpc) is 3.44. The van der Waals surface area contributed by atoms with E-state index in [-0.39, 0.29) is 23.1 Å². The lowest BCUT2D eigenvalue weighted by Crippen LogP contribution is -2.55. The number of para-hydroxylation sites is 1. The van der Waals surface area contributed by atoms with Crippen molar-refractivity contribution in [1.29, 1.82) is 0 Å². The minimum absolute atomic E-state index is 0.0719. The van der Waals surface area contributed by atoms with Gasteiger partial charge in [-0.1, -0.05) is 18.2 Å². The van der Waals surface area contributed by atoms with Crippen molar-refractivity contribution in [3.05, 3.63) is 66.7 Å². The molecule has 1 fully saturated rings. The smallest absolute Gasteiger partial charge is 0.463 e. The lowest BCUT2D eigenvalue weighted by atomic mass is 10.0. The molecule has 0 N–H and O–H groups in total. The summed E-state index contributed by atoms with van der Waals surface area (Å²) in [4.78, 5) is 35.0. The number of carbonyl (C=O) groups is 2. The van der Waals surface area contributed by atoms with Crippen molar-refractivity contribution in [1.82, 2.24) is 29.9 Å². The molecule has 1 aliphatic heterocycles. The maximum atomic E-state index is 14.9. The molecule has 1 aromatic carbocycles. The van der Waals surface area contributed by atoms with Crippen molar-refractivity contribution in [2.24, 2.45) is 0 Å². The van der Waals surface area contributed by atoms with Crippen LogP contribution in [0.1, 0.15) is 16.9 Å². The number of nitrogens with zero attached hydrogens (tertiary/aromatic N) is 6. The van der Waals surface area contributed by atoms with E-state index in [9.17, 15) is 31.5 Å². The fourth-order valence-electron chi connectivity index (χ4n) is 3.88. The first-order valence-corrected chi connectivity index (χ1v) is 11.4. The third-order valence-corrected chi connectivity index (χ3v) is 5.82. The van der Waals surface area contributed by atoms with Crippen LogP contribution in [0.2, 0.25) is 0 Å². The Morgan fingerprint density at radius 1 is 1.03 bits per heavy atom. The maximum Gasteiger partial charge on any atom is 0.491 e. The number of ether oxygens (including phenoxy) is 2. The van der Waals surface area contributed by atoms with Gasteiger partial charge in [0.1, 0.15) is 5.69 Å². The summed E-state index contributed by atoms with van der Waals surface area (Å²) in [5.41, 5.74) is 0.530. The zero-order chi connectivity index (χ0) is 27.8. The van der Waals surface area contributed by atoms with Crippen molar-refractivity contribution >= 4 is 22.8 Å². The van der Waals surface area contributed by atoms with Gasteiger partial charge in [-0.25, -0.2) is 18.6 Å². The molecule has 3 aromatic heterocycles. The number of fused-ring (bicyclic) bond motifs is 1.